The number of halogens is 1. The third-order valence-electron chi connectivity index (χ3n) is 6.68. The zero-order valence-electron chi connectivity index (χ0n) is 14.1. The SMILES string of the molecule is CC12CCC3c4cc(I)c(OSOON)cc4CCC3C1CCC2=O. The van der Waals surface area contributed by atoms with Crippen molar-refractivity contribution in [1.82, 2.24) is 0 Å². The first-order chi connectivity index (χ1) is 12.0. The molecule has 5 nitrogen and oxygen atoms in total. The summed E-state index contributed by atoms with van der Waals surface area (Å²) in [6, 6.07) is 4.37. The molecular formula is C18H22INO4S. The normalized spacial score (nSPS) is 33.6. The Bertz CT molecular complexity index is 700. The number of carbonyl (C=O) groups is 1. The molecule has 4 rings (SSSR count). The molecular weight excluding hydrogens is 453 g/mol. The molecule has 0 saturated heterocycles. The Labute approximate surface area is 165 Å². The summed E-state index contributed by atoms with van der Waals surface area (Å²) in [5, 5.41) is 0. The second-order valence-electron chi connectivity index (χ2n) is 7.63. The van der Waals surface area contributed by atoms with Crippen LogP contribution in [-0.2, 0) is 20.5 Å². The molecule has 2 N–H and O–H groups in total. The molecule has 3 aliphatic rings. The van der Waals surface area contributed by atoms with Crippen molar-refractivity contribution >= 4 is 40.7 Å². The molecule has 0 spiro atoms. The number of ketones is 1. The van der Waals surface area contributed by atoms with Gasteiger partial charge in [0.1, 0.15) is 5.78 Å². The monoisotopic (exact) mass is 475 g/mol. The highest BCUT2D eigenvalue weighted by molar-refractivity contribution is 14.1. The van der Waals surface area contributed by atoms with Crippen molar-refractivity contribution in [1.29, 1.82) is 0 Å². The lowest BCUT2D eigenvalue weighted by Gasteiger charge is -2.48. The van der Waals surface area contributed by atoms with Crippen LogP contribution >= 0.6 is 34.9 Å². The fourth-order valence-corrected chi connectivity index (χ4v) is 6.49. The molecule has 4 unspecified atom stereocenters. The number of carbonyl (C=O) groups excluding carboxylic acids is 1. The number of nitrogens with two attached hydrogens (primary N) is 1. The van der Waals surface area contributed by atoms with Crippen molar-refractivity contribution in [3.63, 3.8) is 0 Å². The van der Waals surface area contributed by atoms with Crippen LogP contribution in [0.4, 0.5) is 0 Å². The lowest BCUT2D eigenvalue weighted by Crippen LogP contribution is -2.42. The van der Waals surface area contributed by atoms with Crippen LogP contribution in [0.5, 0.6) is 5.75 Å². The Balaban J connectivity index is 1.60. The first-order valence-corrected chi connectivity index (χ1v) is 10.5. The maximum Gasteiger partial charge on any atom is 0.260 e. The third-order valence-corrected chi connectivity index (χ3v) is 7.90. The highest BCUT2D eigenvalue weighted by atomic mass is 127. The van der Waals surface area contributed by atoms with Gasteiger partial charge in [-0.05, 0) is 95.7 Å². The summed E-state index contributed by atoms with van der Waals surface area (Å²) in [5.41, 5.74) is 2.75. The van der Waals surface area contributed by atoms with Gasteiger partial charge >= 0.3 is 0 Å². The maximum atomic E-state index is 12.4. The molecule has 0 aliphatic heterocycles. The van der Waals surface area contributed by atoms with Gasteiger partial charge in [0.15, 0.2) is 5.75 Å². The zero-order chi connectivity index (χ0) is 17.6. The van der Waals surface area contributed by atoms with Crippen molar-refractivity contribution in [2.75, 3.05) is 0 Å². The minimum atomic E-state index is -0.0644. The molecule has 3 aliphatic carbocycles. The van der Waals surface area contributed by atoms with Gasteiger partial charge in [0.2, 0.25) is 0 Å². The number of benzene rings is 1. The summed E-state index contributed by atoms with van der Waals surface area (Å²) in [4.78, 5) is 16.5. The molecule has 25 heavy (non-hydrogen) atoms. The second kappa shape index (κ2) is 6.99. The van der Waals surface area contributed by atoms with E-state index in [-0.39, 0.29) is 5.41 Å². The summed E-state index contributed by atoms with van der Waals surface area (Å²) >= 11 is 3.02. The van der Waals surface area contributed by atoms with E-state index in [1.54, 1.807) is 0 Å². The fraction of sp³-hybridized carbons (Fsp3) is 0.611. The van der Waals surface area contributed by atoms with E-state index in [4.69, 9.17) is 10.1 Å². The van der Waals surface area contributed by atoms with Gasteiger partial charge < -0.3 is 4.18 Å². The average Bonchev–Trinajstić information content (AvgIpc) is 2.91. The van der Waals surface area contributed by atoms with E-state index in [0.717, 1.165) is 41.4 Å². The van der Waals surface area contributed by atoms with Gasteiger partial charge in [0.05, 0.1) is 3.57 Å². The van der Waals surface area contributed by atoms with Crippen molar-refractivity contribution in [2.45, 2.75) is 51.4 Å². The molecule has 0 aromatic heterocycles. The Kier molecular flexibility index (Phi) is 5.05. The molecule has 2 saturated carbocycles. The van der Waals surface area contributed by atoms with E-state index in [0.29, 0.717) is 35.9 Å². The van der Waals surface area contributed by atoms with Gasteiger partial charge in [0.25, 0.3) is 12.3 Å². The molecule has 0 heterocycles. The summed E-state index contributed by atoms with van der Waals surface area (Å²) < 4.78 is 11.1. The van der Waals surface area contributed by atoms with Crippen LogP contribution in [-0.4, -0.2) is 5.78 Å². The molecule has 2 fully saturated rings. The lowest BCUT2D eigenvalue weighted by atomic mass is 9.55. The van der Waals surface area contributed by atoms with Crippen molar-refractivity contribution in [3.8, 4) is 5.75 Å². The molecule has 4 atom stereocenters. The lowest BCUT2D eigenvalue weighted by molar-refractivity contribution is -0.199. The van der Waals surface area contributed by atoms with Crippen LogP contribution in [0.2, 0.25) is 0 Å². The van der Waals surface area contributed by atoms with Gasteiger partial charge in [-0.1, -0.05) is 6.92 Å². The first kappa shape index (κ1) is 18.0. The zero-order valence-corrected chi connectivity index (χ0v) is 17.1. The second-order valence-corrected chi connectivity index (χ2v) is 9.23. The smallest absolute Gasteiger partial charge is 0.260 e. The van der Waals surface area contributed by atoms with Crippen LogP contribution in [0.25, 0.3) is 0 Å². The third kappa shape index (κ3) is 3.01. The van der Waals surface area contributed by atoms with Crippen LogP contribution in [0.1, 0.15) is 56.1 Å². The minimum Gasteiger partial charge on any atom is -0.397 e. The number of hydrogen-bond donors (Lipinski definition) is 1. The average molecular weight is 475 g/mol. The largest absolute Gasteiger partial charge is 0.397 e. The van der Waals surface area contributed by atoms with Crippen molar-refractivity contribution in [3.05, 3.63) is 26.8 Å². The molecule has 1 aromatic rings. The number of Topliss-reactive ketones (excluding diaryl/α,β-unsaturated/α-hetero) is 1. The predicted octanol–water partition coefficient (Wildman–Crippen LogP) is 4.48. The molecule has 0 bridgehead atoms. The highest BCUT2D eigenvalue weighted by Crippen LogP contribution is 2.59. The molecule has 1 aromatic carbocycles. The topological polar surface area (TPSA) is 70.8 Å². The van der Waals surface area contributed by atoms with E-state index in [2.05, 4.69) is 51.0 Å². The van der Waals surface area contributed by atoms with Crippen LogP contribution in [0.15, 0.2) is 12.1 Å². The van der Waals surface area contributed by atoms with Crippen LogP contribution < -0.4 is 10.1 Å². The van der Waals surface area contributed by atoms with Gasteiger partial charge in [-0.3, -0.25) is 4.79 Å². The van der Waals surface area contributed by atoms with Gasteiger partial charge in [0, 0.05) is 11.8 Å². The van der Waals surface area contributed by atoms with Gasteiger partial charge in [-0.25, -0.2) is 0 Å². The standard InChI is InChI=1S/C18H22INO4S/c1-18-7-6-11-12(14(18)4-5-17(18)21)3-2-10-8-16(22-25-24-23-20)15(19)9-13(10)11/h8-9,11-12,14H,2-7,20H2,1H3. The van der Waals surface area contributed by atoms with Crippen LogP contribution in [0, 0.1) is 20.8 Å². The Morgan fingerprint density at radius 1 is 1.28 bits per heavy atom. The summed E-state index contributed by atoms with van der Waals surface area (Å²) in [5.74, 6) is 7.88. The number of rotatable bonds is 4. The fourth-order valence-electron chi connectivity index (χ4n) is 5.47. The van der Waals surface area contributed by atoms with Gasteiger partial charge in [-0.15, -0.1) is 9.32 Å². The van der Waals surface area contributed by atoms with E-state index >= 15 is 0 Å². The van der Waals surface area contributed by atoms with Crippen molar-refractivity contribution < 1.29 is 18.3 Å². The number of aryl methyl sites for hydroxylation is 1. The Hall–Kier alpha value is -0.350. The van der Waals surface area contributed by atoms with E-state index < -0.39 is 0 Å². The summed E-state index contributed by atoms with van der Waals surface area (Å²) in [6.07, 6.45) is 6.22. The maximum absolute atomic E-state index is 12.4. The molecule has 0 radical (unpaired) electrons. The van der Waals surface area contributed by atoms with Crippen molar-refractivity contribution in [2.24, 2.45) is 23.1 Å². The van der Waals surface area contributed by atoms with E-state index in [9.17, 15) is 4.79 Å². The summed E-state index contributed by atoms with van der Waals surface area (Å²) in [6.45, 7) is 2.22. The van der Waals surface area contributed by atoms with E-state index in [1.165, 1.54) is 17.5 Å². The molecule has 136 valence electrons. The minimum absolute atomic E-state index is 0.0644. The first-order valence-electron chi connectivity index (χ1n) is 8.77. The van der Waals surface area contributed by atoms with Crippen LogP contribution in [0.3, 0.4) is 0 Å². The number of hydrogen-bond acceptors (Lipinski definition) is 6. The predicted molar refractivity (Wildman–Crippen MR) is 103 cm³/mol. The molecule has 7 heteroatoms. The quantitative estimate of drug-likeness (QED) is 0.228. The summed E-state index contributed by atoms with van der Waals surface area (Å²) in [7, 11) is 0. The molecule has 0 amide bonds. The highest BCUT2D eigenvalue weighted by Gasteiger charge is 2.54. The Morgan fingerprint density at radius 3 is 2.92 bits per heavy atom. The van der Waals surface area contributed by atoms with E-state index in [1.807, 2.05) is 0 Å². The number of fused-ring (bicyclic) bond motifs is 5. The Morgan fingerprint density at radius 2 is 2.12 bits per heavy atom. The van der Waals surface area contributed by atoms with Gasteiger partial charge in [-0.2, -0.15) is 5.90 Å².